The van der Waals surface area contributed by atoms with Crippen LogP contribution in [0.15, 0.2) is 29.6 Å². The molecule has 1 aromatic heterocycles. The molecule has 0 aliphatic rings. The van der Waals surface area contributed by atoms with E-state index in [1.807, 2.05) is 0 Å². The van der Waals surface area contributed by atoms with Gasteiger partial charge in [-0.05, 0) is 30.0 Å². The minimum absolute atomic E-state index is 0.126. The number of phenolic OH excluding ortho intramolecular Hbond substituents is 1. The van der Waals surface area contributed by atoms with Crippen LogP contribution in [-0.4, -0.2) is 27.9 Å². The first kappa shape index (κ1) is 19.9. The van der Waals surface area contributed by atoms with E-state index in [4.69, 9.17) is 11.5 Å². The molecule has 0 aliphatic carbocycles. The predicted molar refractivity (Wildman–Crippen MR) is 101 cm³/mol. The third-order valence-corrected chi connectivity index (χ3v) is 4.80. The van der Waals surface area contributed by atoms with Crippen LogP contribution in [0.25, 0.3) is 0 Å². The fourth-order valence-corrected chi connectivity index (χ4v) is 3.31. The molecule has 2 unspecified atom stereocenters. The maximum atomic E-state index is 12.4. The first-order valence-corrected chi connectivity index (χ1v) is 9.23. The number of nitrogens with zero attached hydrogens (tertiary/aromatic N) is 1. The van der Waals surface area contributed by atoms with Gasteiger partial charge in [0.25, 0.3) is 5.91 Å². The zero-order valence-electron chi connectivity index (χ0n) is 14.8. The highest BCUT2D eigenvalue weighted by atomic mass is 32.1. The molecule has 0 spiro atoms. The average molecular weight is 376 g/mol. The summed E-state index contributed by atoms with van der Waals surface area (Å²) in [7, 11) is 0. The van der Waals surface area contributed by atoms with Crippen molar-refractivity contribution >= 4 is 23.2 Å². The summed E-state index contributed by atoms with van der Waals surface area (Å²) < 4.78 is 0. The molecule has 140 valence electrons. The van der Waals surface area contributed by atoms with Gasteiger partial charge >= 0.3 is 0 Å². The summed E-state index contributed by atoms with van der Waals surface area (Å²) in [6.07, 6.45) is 1.00. The smallest absolute Gasteiger partial charge is 0.271 e. The van der Waals surface area contributed by atoms with E-state index in [1.54, 1.807) is 17.5 Å². The number of nitrogens with one attached hydrogen (secondary N) is 1. The highest BCUT2D eigenvalue weighted by Gasteiger charge is 2.22. The van der Waals surface area contributed by atoms with Crippen molar-refractivity contribution in [3.63, 3.8) is 0 Å². The fraction of sp³-hybridized carbons (Fsp3) is 0.389. The lowest BCUT2D eigenvalue weighted by Gasteiger charge is -2.15. The summed E-state index contributed by atoms with van der Waals surface area (Å²) in [6, 6.07) is 5.27. The average Bonchev–Trinajstić information content (AvgIpc) is 3.05. The largest absolute Gasteiger partial charge is 0.508 e. The van der Waals surface area contributed by atoms with Gasteiger partial charge in [-0.2, -0.15) is 0 Å². The SMILES string of the molecule is CC(C)CC(N)c1nc(C(=O)NC(Cc2ccc(O)cc2)C(N)=O)cs1. The zero-order chi connectivity index (χ0) is 19.3. The molecule has 0 radical (unpaired) electrons. The van der Waals surface area contributed by atoms with Crippen molar-refractivity contribution in [1.29, 1.82) is 0 Å². The number of thiazole rings is 1. The van der Waals surface area contributed by atoms with E-state index < -0.39 is 17.9 Å². The summed E-state index contributed by atoms with van der Waals surface area (Å²) in [5.74, 6) is -0.554. The van der Waals surface area contributed by atoms with Gasteiger partial charge in [0.2, 0.25) is 5.91 Å². The number of carbonyl (C=O) groups excluding carboxylic acids is 2. The van der Waals surface area contributed by atoms with Crippen LogP contribution in [-0.2, 0) is 11.2 Å². The summed E-state index contributed by atoms with van der Waals surface area (Å²) in [6.45, 7) is 4.14. The Balaban J connectivity index is 2.04. The van der Waals surface area contributed by atoms with Crippen LogP contribution in [0.4, 0.5) is 0 Å². The summed E-state index contributed by atoms with van der Waals surface area (Å²) >= 11 is 1.33. The van der Waals surface area contributed by atoms with Crippen molar-refractivity contribution in [2.24, 2.45) is 17.4 Å². The number of aromatic nitrogens is 1. The Hall–Kier alpha value is -2.45. The van der Waals surface area contributed by atoms with Gasteiger partial charge in [-0.3, -0.25) is 9.59 Å². The summed E-state index contributed by atoms with van der Waals surface area (Å²) in [5, 5.41) is 14.3. The van der Waals surface area contributed by atoms with E-state index in [-0.39, 0.29) is 23.9 Å². The van der Waals surface area contributed by atoms with Crippen molar-refractivity contribution in [2.45, 2.75) is 38.8 Å². The number of phenols is 1. The highest BCUT2D eigenvalue weighted by Crippen LogP contribution is 2.22. The Kier molecular flexibility index (Phi) is 6.70. The second-order valence-electron chi connectivity index (χ2n) is 6.61. The van der Waals surface area contributed by atoms with Crippen molar-refractivity contribution in [1.82, 2.24) is 10.3 Å². The number of hydrogen-bond donors (Lipinski definition) is 4. The molecule has 2 aromatic rings. The molecule has 8 heteroatoms. The molecular formula is C18H24N4O3S. The summed E-state index contributed by atoms with van der Waals surface area (Å²) in [4.78, 5) is 28.4. The predicted octanol–water partition coefficient (Wildman–Crippen LogP) is 1.72. The first-order chi connectivity index (χ1) is 12.3. The fourth-order valence-electron chi connectivity index (χ4n) is 2.49. The standard InChI is InChI=1S/C18H24N4O3S/c1-10(2)7-13(19)18-22-15(9-26-18)17(25)21-14(16(20)24)8-11-3-5-12(23)6-4-11/h3-6,9-10,13-14,23H,7-8,19H2,1-2H3,(H2,20,24)(H,21,25). The van der Waals surface area contributed by atoms with E-state index in [0.717, 1.165) is 12.0 Å². The van der Waals surface area contributed by atoms with Gasteiger partial charge in [0.15, 0.2) is 0 Å². The van der Waals surface area contributed by atoms with E-state index in [9.17, 15) is 14.7 Å². The molecule has 0 saturated carbocycles. The number of primary amides is 1. The number of hydrogen-bond acceptors (Lipinski definition) is 6. The molecule has 1 heterocycles. The first-order valence-electron chi connectivity index (χ1n) is 8.35. The number of amides is 2. The minimum atomic E-state index is -0.874. The zero-order valence-corrected chi connectivity index (χ0v) is 15.6. The molecule has 2 amide bonds. The molecule has 2 atom stereocenters. The molecule has 0 aliphatic heterocycles. The van der Waals surface area contributed by atoms with E-state index in [1.165, 1.54) is 23.5 Å². The quantitative estimate of drug-likeness (QED) is 0.557. The van der Waals surface area contributed by atoms with E-state index in [2.05, 4.69) is 24.1 Å². The van der Waals surface area contributed by atoms with Crippen LogP contribution in [0.5, 0.6) is 5.75 Å². The number of rotatable bonds is 8. The van der Waals surface area contributed by atoms with Gasteiger partial charge < -0.3 is 21.9 Å². The molecule has 1 aromatic carbocycles. The molecule has 2 rings (SSSR count). The molecular weight excluding hydrogens is 352 g/mol. The van der Waals surface area contributed by atoms with Gasteiger partial charge in [-0.1, -0.05) is 26.0 Å². The van der Waals surface area contributed by atoms with E-state index in [0.29, 0.717) is 10.9 Å². The second-order valence-corrected chi connectivity index (χ2v) is 7.50. The highest BCUT2D eigenvalue weighted by molar-refractivity contribution is 7.09. The second kappa shape index (κ2) is 8.77. The third-order valence-electron chi connectivity index (χ3n) is 3.82. The molecule has 0 fully saturated rings. The Morgan fingerprint density at radius 2 is 1.92 bits per heavy atom. The van der Waals surface area contributed by atoms with E-state index >= 15 is 0 Å². The lowest BCUT2D eigenvalue weighted by molar-refractivity contribution is -0.119. The maximum absolute atomic E-state index is 12.4. The van der Waals surface area contributed by atoms with Gasteiger partial charge in [0.1, 0.15) is 22.5 Å². The molecule has 0 bridgehead atoms. The van der Waals surface area contributed by atoms with Crippen molar-refractivity contribution in [2.75, 3.05) is 0 Å². The number of aromatic hydroxyl groups is 1. The number of benzene rings is 1. The molecule has 0 saturated heterocycles. The number of nitrogens with two attached hydrogens (primary N) is 2. The Labute approximate surface area is 156 Å². The Bertz CT molecular complexity index is 758. The third kappa shape index (κ3) is 5.53. The minimum Gasteiger partial charge on any atom is -0.508 e. The van der Waals surface area contributed by atoms with Crippen molar-refractivity contribution in [3.05, 3.63) is 45.9 Å². The normalized spacial score (nSPS) is 13.4. The summed E-state index contributed by atoms with van der Waals surface area (Å²) in [5.41, 5.74) is 12.5. The van der Waals surface area contributed by atoms with Crippen LogP contribution in [0.1, 0.15) is 47.4 Å². The molecule has 7 nitrogen and oxygen atoms in total. The van der Waals surface area contributed by atoms with Gasteiger partial charge in [0.05, 0.1) is 6.04 Å². The molecule has 6 N–H and O–H groups in total. The van der Waals surface area contributed by atoms with Crippen LogP contribution in [0.3, 0.4) is 0 Å². The van der Waals surface area contributed by atoms with Crippen LogP contribution in [0.2, 0.25) is 0 Å². The lowest BCUT2D eigenvalue weighted by atomic mass is 10.0. The van der Waals surface area contributed by atoms with Crippen LogP contribution < -0.4 is 16.8 Å². The lowest BCUT2D eigenvalue weighted by Crippen LogP contribution is -2.46. The van der Waals surface area contributed by atoms with Crippen LogP contribution in [0, 0.1) is 5.92 Å². The number of carbonyl (C=O) groups is 2. The van der Waals surface area contributed by atoms with Crippen molar-refractivity contribution < 1.29 is 14.7 Å². The van der Waals surface area contributed by atoms with Gasteiger partial charge in [-0.25, -0.2) is 4.98 Å². The topological polar surface area (TPSA) is 131 Å². The monoisotopic (exact) mass is 376 g/mol. The van der Waals surface area contributed by atoms with Crippen molar-refractivity contribution in [3.8, 4) is 5.75 Å². The van der Waals surface area contributed by atoms with Gasteiger partial charge in [-0.15, -0.1) is 11.3 Å². The Morgan fingerprint density at radius 3 is 2.50 bits per heavy atom. The van der Waals surface area contributed by atoms with Crippen LogP contribution >= 0.6 is 11.3 Å². The maximum Gasteiger partial charge on any atom is 0.271 e. The van der Waals surface area contributed by atoms with Gasteiger partial charge in [0, 0.05) is 11.8 Å². The molecule has 26 heavy (non-hydrogen) atoms. The Morgan fingerprint density at radius 1 is 1.27 bits per heavy atom.